The predicted molar refractivity (Wildman–Crippen MR) is 63.4 cm³/mol. The summed E-state index contributed by atoms with van der Waals surface area (Å²) in [6, 6.07) is 3.85. The largest absolute Gasteiger partial charge is 0.466 e. The molecule has 17 heavy (non-hydrogen) atoms. The van der Waals surface area contributed by atoms with Crippen molar-refractivity contribution in [2.75, 3.05) is 6.61 Å². The van der Waals surface area contributed by atoms with Crippen molar-refractivity contribution >= 4 is 17.0 Å². The fraction of sp³-hybridized carbons (Fsp3) is 0.417. The number of carbonyl (C=O) groups is 1. The Balaban J connectivity index is 1.93. The molecule has 0 fully saturated rings. The summed E-state index contributed by atoms with van der Waals surface area (Å²) in [5, 5.41) is 4.24. The summed E-state index contributed by atoms with van der Waals surface area (Å²) < 4.78 is 6.73. The maximum absolute atomic E-state index is 11.2. The molecule has 0 aromatic carbocycles. The van der Waals surface area contributed by atoms with Gasteiger partial charge in [-0.1, -0.05) is 0 Å². The average Bonchev–Trinajstić information content (AvgIpc) is 2.73. The Morgan fingerprint density at radius 3 is 3.24 bits per heavy atom. The van der Waals surface area contributed by atoms with Gasteiger partial charge < -0.3 is 4.74 Å². The summed E-state index contributed by atoms with van der Waals surface area (Å²) in [5.74, 6) is -0.151. The lowest BCUT2D eigenvalue weighted by molar-refractivity contribution is -0.143. The van der Waals surface area contributed by atoms with Gasteiger partial charge in [-0.2, -0.15) is 5.10 Å². The monoisotopic (exact) mass is 233 g/mol. The number of pyridine rings is 1. The molecular formula is C12H15N3O2. The summed E-state index contributed by atoms with van der Waals surface area (Å²) in [4.78, 5) is 15.4. The fourth-order valence-electron chi connectivity index (χ4n) is 1.70. The zero-order valence-corrected chi connectivity index (χ0v) is 9.80. The van der Waals surface area contributed by atoms with Gasteiger partial charge in [0.15, 0.2) is 0 Å². The SMILES string of the molecule is CCOC(=O)CCCn1ncc2ncccc21. The first-order chi connectivity index (χ1) is 8.31. The van der Waals surface area contributed by atoms with Gasteiger partial charge >= 0.3 is 5.97 Å². The van der Waals surface area contributed by atoms with E-state index in [1.165, 1.54) is 0 Å². The molecule has 2 rings (SSSR count). The third-order valence-electron chi connectivity index (χ3n) is 2.47. The van der Waals surface area contributed by atoms with Crippen LogP contribution >= 0.6 is 0 Å². The lowest BCUT2D eigenvalue weighted by atomic mass is 10.3. The van der Waals surface area contributed by atoms with Crippen LogP contribution in [0.2, 0.25) is 0 Å². The lowest BCUT2D eigenvalue weighted by Crippen LogP contribution is -2.07. The van der Waals surface area contributed by atoms with Gasteiger partial charge in [0.2, 0.25) is 0 Å². The molecule has 0 spiro atoms. The maximum atomic E-state index is 11.2. The normalized spacial score (nSPS) is 10.6. The van der Waals surface area contributed by atoms with E-state index in [9.17, 15) is 4.79 Å². The highest BCUT2D eigenvalue weighted by molar-refractivity contribution is 5.73. The molecule has 2 heterocycles. The highest BCUT2D eigenvalue weighted by Gasteiger charge is 2.05. The molecule has 2 aromatic rings. The van der Waals surface area contributed by atoms with Gasteiger partial charge in [-0.15, -0.1) is 0 Å². The van der Waals surface area contributed by atoms with Crippen molar-refractivity contribution in [3.63, 3.8) is 0 Å². The van der Waals surface area contributed by atoms with Crippen LogP contribution in [0.4, 0.5) is 0 Å². The molecule has 0 unspecified atom stereocenters. The molecular weight excluding hydrogens is 218 g/mol. The van der Waals surface area contributed by atoms with Gasteiger partial charge in [0.05, 0.1) is 18.3 Å². The molecule has 0 bridgehead atoms. The van der Waals surface area contributed by atoms with E-state index < -0.39 is 0 Å². The van der Waals surface area contributed by atoms with Crippen LogP contribution in [0.25, 0.3) is 11.0 Å². The minimum Gasteiger partial charge on any atom is -0.466 e. The smallest absolute Gasteiger partial charge is 0.305 e. The van der Waals surface area contributed by atoms with E-state index in [2.05, 4.69) is 10.1 Å². The van der Waals surface area contributed by atoms with Crippen molar-refractivity contribution in [3.05, 3.63) is 24.5 Å². The number of ether oxygens (including phenoxy) is 1. The Morgan fingerprint density at radius 2 is 2.41 bits per heavy atom. The number of fused-ring (bicyclic) bond motifs is 1. The molecule has 0 saturated heterocycles. The van der Waals surface area contributed by atoms with E-state index in [-0.39, 0.29) is 5.97 Å². The third kappa shape index (κ3) is 2.81. The number of aromatic nitrogens is 3. The maximum Gasteiger partial charge on any atom is 0.305 e. The van der Waals surface area contributed by atoms with Crippen molar-refractivity contribution in [2.45, 2.75) is 26.3 Å². The van der Waals surface area contributed by atoms with Crippen molar-refractivity contribution < 1.29 is 9.53 Å². The Hall–Kier alpha value is -1.91. The van der Waals surface area contributed by atoms with Gasteiger partial charge in [-0.3, -0.25) is 14.5 Å². The van der Waals surface area contributed by atoms with E-state index in [4.69, 9.17) is 4.74 Å². The van der Waals surface area contributed by atoms with E-state index in [0.29, 0.717) is 19.6 Å². The standard InChI is InChI=1S/C12H15N3O2/c1-2-17-12(16)6-4-8-15-11-5-3-7-13-10(11)9-14-15/h3,5,7,9H,2,4,6,8H2,1H3. The summed E-state index contributed by atoms with van der Waals surface area (Å²) in [6.07, 6.45) is 4.63. The summed E-state index contributed by atoms with van der Waals surface area (Å²) in [7, 11) is 0. The highest BCUT2D eigenvalue weighted by atomic mass is 16.5. The molecule has 0 aliphatic carbocycles. The molecule has 0 atom stereocenters. The Bertz CT molecular complexity index is 507. The molecule has 2 aromatic heterocycles. The number of hydrogen-bond acceptors (Lipinski definition) is 4. The van der Waals surface area contributed by atoms with Crippen LogP contribution in [0.15, 0.2) is 24.5 Å². The van der Waals surface area contributed by atoms with Crippen LogP contribution < -0.4 is 0 Å². The predicted octanol–water partition coefficient (Wildman–Crippen LogP) is 1.77. The molecule has 5 nitrogen and oxygen atoms in total. The number of rotatable bonds is 5. The van der Waals surface area contributed by atoms with Crippen LogP contribution in [0.3, 0.4) is 0 Å². The Kier molecular flexibility index (Phi) is 3.69. The van der Waals surface area contributed by atoms with Crippen molar-refractivity contribution in [3.8, 4) is 0 Å². The first kappa shape index (κ1) is 11.6. The van der Waals surface area contributed by atoms with Gasteiger partial charge in [-0.05, 0) is 25.5 Å². The molecule has 0 N–H and O–H groups in total. The fourth-order valence-corrected chi connectivity index (χ4v) is 1.70. The van der Waals surface area contributed by atoms with Crippen LogP contribution in [0, 0.1) is 0 Å². The topological polar surface area (TPSA) is 57.0 Å². The Morgan fingerprint density at radius 1 is 1.53 bits per heavy atom. The van der Waals surface area contributed by atoms with Crippen LogP contribution in [0.1, 0.15) is 19.8 Å². The number of carbonyl (C=O) groups excluding carboxylic acids is 1. The quantitative estimate of drug-likeness (QED) is 0.738. The molecule has 0 aliphatic rings. The van der Waals surface area contributed by atoms with Crippen molar-refractivity contribution in [2.24, 2.45) is 0 Å². The molecule has 0 saturated carbocycles. The minimum atomic E-state index is -0.151. The first-order valence-electron chi connectivity index (χ1n) is 5.73. The number of esters is 1. The summed E-state index contributed by atoms with van der Waals surface area (Å²) in [5.41, 5.74) is 1.87. The highest BCUT2D eigenvalue weighted by Crippen LogP contribution is 2.10. The van der Waals surface area contributed by atoms with Crippen molar-refractivity contribution in [1.29, 1.82) is 0 Å². The van der Waals surface area contributed by atoms with Crippen molar-refractivity contribution in [1.82, 2.24) is 14.8 Å². The molecule has 0 radical (unpaired) electrons. The van der Waals surface area contributed by atoms with E-state index in [0.717, 1.165) is 17.5 Å². The molecule has 0 aliphatic heterocycles. The molecule has 90 valence electrons. The second kappa shape index (κ2) is 5.43. The van der Waals surface area contributed by atoms with Crippen LogP contribution in [0.5, 0.6) is 0 Å². The second-order valence-electron chi connectivity index (χ2n) is 3.68. The Labute approximate surface area is 99.4 Å². The second-order valence-corrected chi connectivity index (χ2v) is 3.68. The number of nitrogens with zero attached hydrogens (tertiary/aromatic N) is 3. The van der Waals surface area contributed by atoms with Crippen LogP contribution in [-0.2, 0) is 16.1 Å². The summed E-state index contributed by atoms with van der Waals surface area (Å²) >= 11 is 0. The third-order valence-corrected chi connectivity index (χ3v) is 2.47. The zero-order chi connectivity index (χ0) is 12.1. The first-order valence-corrected chi connectivity index (χ1v) is 5.73. The number of aryl methyl sites for hydroxylation is 1. The van der Waals surface area contributed by atoms with Gasteiger partial charge in [0.25, 0.3) is 0 Å². The van der Waals surface area contributed by atoms with Gasteiger partial charge in [0.1, 0.15) is 5.52 Å². The minimum absolute atomic E-state index is 0.151. The van der Waals surface area contributed by atoms with E-state index in [1.807, 2.05) is 23.7 Å². The van der Waals surface area contributed by atoms with Crippen LogP contribution in [-0.4, -0.2) is 27.3 Å². The molecule has 5 heteroatoms. The zero-order valence-electron chi connectivity index (χ0n) is 9.80. The lowest BCUT2D eigenvalue weighted by Gasteiger charge is -2.03. The summed E-state index contributed by atoms with van der Waals surface area (Å²) in [6.45, 7) is 2.95. The van der Waals surface area contributed by atoms with E-state index >= 15 is 0 Å². The average molecular weight is 233 g/mol. The molecule has 0 amide bonds. The number of hydrogen-bond donors (Lipinski definition) is 0. The van der Waals surface area contributed by atoms with E-state index in [1.54, 1.807) is 12.4 Å². The van der Waals surface area contributed by atoms with Gasteiger partial charge in [0, 0.05) is 19.2 Å². The van der Waals surface area contributed by atoms with Gasteiger partial charge in [-0.25, -0.2) is 0 Å².